The smallest absolute Gasteiger partial charge is 0.356 e. The first-order valence-electron chi connectivity index (χ1n) is 0.548. The summed E-state index contributed by atoms with van der Waals surface area (Å²) in [7, 11) is 0. The molecule has 0 radical (unpaired) electrons. The van der Waals surface area contributed by atoms with E-state index < -0.39 is 5.09 Å². The van der Waals surface area contributed by atoms with E-state index in [9.17, 15) is 0 Å². The van der Waals surface area contributed by atoms with Gasteiger partial charge in [0, 0.05) is 0 Å². The van der Waals surface area contributed by atoms with Gasteiger partial charge in [0.1, 0.15) is 0 Å². The summed E-state index contributed by atoms with van der Waals surface area (Å²) in [6.07, 6.45) is 0. The number of hydrogen-bond donors (Lipinski definition) is 0. The van der Waals surface area contributed by atoms with Crippen LogP contribution in [0.1, 0.15) is 0 Å². The van der Waals surface area contributed by atoms with Gasteiger partial charge in [0.2, 0.25) is 0 Å². The van der Waals surface area contributed by atoms with E-state index in [1.165, 1.54) is 0 Å². The monoisotopic (exact) mass is 118 g/mol. The molecule has 5 heteroatoms. The first-order valence-corrected chi connectivity index (χ1v) is 0.548. The van der Waals surface area contributed by atoms with Crippen molar-refractivity contribution in [2.75, 3.05) is 0 Å². The van der Waals surface area contributed by atoms with Gasteiger partial charge in [-0.25, -0.2) is 0 Å². The summed E-state index contributed by atoms with van der Waals surface area (Å²) < 4.78 is 0. The van der Waals surface area contributed by atoms with E-state index in [4.69, 9.17) is 15.3 Å². The Morgan fingerprint density at radius 2 is 1.40 bits per heavy atom. The Morgan fingerprint density at radius 3 is 1.40 bits per heavy atom. The van der Waals surface area contributed by atoms with Gasteiger partial charge in [-0.15, -0.1) is 0 Å². The van der Waals surface area contributed by atoms with Crippen LogP contribution in [0.5, 0.6) is 0 Å². The van der Waals surface area contributed by atoms with E-state index in [2.05, 4.69) is 0 Å². The van der Waals surface area contributed by atoms with Crippen molar-refractivity contribution in [3.63, 3.8) is 0 Å². The minimum Gasteiger partial charge on any atom is -0.356 e. The fourth-order valence-corrected chi connectivity index (χ4v) is 0. The maximum Gasteiger partial charge on any atom is 2.00 e. The van der Waals surface area contributed by atoms with E-state index in [0.29, 0.717) is 0 Å². The van der Waals surface area contributed by atoms with Gasteiger partial charge in [0.05, 0.1) is 5.09 Å². The molecule has 0 aromatic rings. The maximum atomic E-state index is 8.25. The van der Waals surface area contributed by atoms with Gasteiger partial charge >= 0.3 is 17.1 Å². The molecule has 0 aliphatic carbocycles. The minimum atomic E-state index is -1.75. The van der Waals surface area contributed by atoms with Gasteiger partial charge in [-0.2, -0.15) is 0 Å². The van der Waals surface area contributed by atoms with Crippen molar-refractivity contribution in [3.05, 3.63) is 15.3 Å². The summed E-state index contributed by atoms with van der Waals surface area (Å²) in [4.78, 5) is 8.25. The molecule has 0 saturated carbocycles. The molecule has 0 heterocycles. The number of hydrogen-bond acceptors (Lipinski definition) is 3. The predicted octanol–water partition coefficient (Wildman–Crippen LogP) is -0.242. The molecule has 0 aliphatic rings. The molecule has 5 heavy (non-hydrogen) atoms. The molecule has 0 spiro atoms. The molecule has 0 aromatic heterocycles. The zero-order valence-electron chi connectivity index (χ0n) is 2.03. The van der Waals surface area contributed by atoms with Crippen LogP contribution in [0.3, 0.4) is 0 Å². The summed E-state index contributed by atoms with van der Waals surface area (Å²) in [5.41, 5.74) is 0. The average molecular weight is 118 g/mol. The Morgan fingerprint density at radius 1 is 1.40 bits per heavy atom. The second-order valence-electron chi connectivity index (χ2n) is 0.224. The van der Waals surface area contributed by atoms with Gasteiger partial charge < -0.3 is 15.3 Å². The predicted molar refractivity (Wildman–Crippen MR) is 10.4 cm³/mol. The van der Waals surface area contributed by atoms with E-state index in [0.717, 1.165) is 0 Å². The molecule has 0 bridgehead atoms. The summed E-state index contributed by atoms with van der Waals surface area (Å²) in [5, 5.41) is 14.8. The van der Waals surface area contributed by atoms with Crippen LogP contribution < -0.4 is 0 Å². The Balaban J connectivity index is 0. The summed E-state index contributed by atoms with van der Waals surface area (Å²) in [6.45, 7) is 0. The molecule has 4 nitrogen and oxygen atoms in total. The van der Waals surface area contributed by atoms with Gasteiger partial charge in [0.15, 0.2) is 0 Å². The van der Waals surface area contributed by atoms with Gasteiger partial charge in [-0.1, -0.05) is 0 Å². The van der Waals surface area contributed by atoms with Crippen molar-refractivity contribution in [1.29, 1.82) is 0 Å². The number of nitrogens with zero attached hydrogens (tertiary/aromatic N) is 1. The van der Waals surface area contributed by atoms with Crippen LogP contribution in [0.15, 0.2) is 0 Å². The fourth-order valence-electron chi connectivity index (χ4n) is 0. The van der Waals surface area contributed by atoms with Crippen molar-refractivity contribution >= 4 is 0 Å². The fraction of sp³-hybridized carbons (Fsp3) is 0. The molecular formula is FeNO3+. The summed E-state index contributed by atoms with van der Waals surface area (Å²) in [6, 6.07) is 0. The first kappa shape index (κ1) is 8.83. The topological polar surface area (TPSA) is 66.2 Å². The molecular weight excluding hydrogens is 118 g/mol. The molecule has 0 unspecified atom stereocenters. The van der Waals surface area contributed by atoms with E-state index in [1.54, 1.807) is 0 Å². The summed E-state index contributed by atoms with van der Waals surface area (Å²) >= 11 is 0. The third kappa shape index (κ3) is 140. The Labute approximate surface area is 38.4 Å². The van der Waals surface area contributed by atoms with Crippen molar-refractivity contribution in [3.8, 4) is 0 Å². The van der Waals surface area contributed by atoms with E-state index >= 15 is 0 Å². The van der Waals surface area contributed by atoms with Crippen molar-refractivity contribution in [2.45, 2.75) is 0 Å². The zero-order chi connectivity index (χ0) is 3.58. The minimum absolute atomic E-state index is 0. The SMILES string of the molecule is O=[N+]([O-])[O-].[Fe+2]. The van der Waals surface area contributed by atoms with Crippen LogP contribution in [0.4, 0.5) is 0 Å². The molecule has 30 valence electrons. The molecule has 0 atom stereocenters. The molecule has 0 aliphatic heterocycles. The van der Waals surface area contributed by atoms with Crippen LogP contribution in [0.2, 0.25) is 0 Å². The maximum absolute atomic E-state index is 8.25. The number of rotatable bonds is 0. The normalized spacial score (nSPS) is 4.80. The van der Waals surface area contributed by atoms with Crippen molar-refractivity contribution in [1.82, 2.24) is 0 Å². The second kappa shape index (κ2) is 3.72. The molecule has 0 N–H and O–H groups in total. The molecule has 0 aromatic carbocycles. The van der Waals surface area contributed by atoms with E-state index in [-0.39, 0.29) is 17.1 Å². The molecule has 0 saturated heterocycles. The first-order chi connectivity index (χ1) is 1.73. The Hall–Kier alpha value is -0.281. The molecule has 0 amide bonds. The van der Waals surface area contributed by atoms with Crippen molar-refractivity contribution < 1.29 is 22.2 Å². The third-order valence-corrected chi connectivity index (χ3v) is 0. The standard InChI is InChI=1S/Fe.NO3/c;2-1(3)4/q+2;-1. The third-order valence-electron chi connectivity index (χ3n) is 0. The Bertz CT molecular complexity index is 29.9. The van der Waals surface area contributed by atoms with Crippen LogP contribution in [0, 0.1) is 15.3 Å². The van der Waals surface area contributed by atoms with Crippen LogP contribution in [0.25, 0.3) is 0 Å². The second-order valence-corrected chi connectivity index (χ2v) is 0.224. The van der Waals surface area contributed by atoms with Crippen molar-refractivity contribution in [2.24, 2.45) is 0 Å². The average Bonchev–Trinajstić information content (AvgIpc) is 0.811. The zero-order valence-corrected chi connectivity index (χ0v) is 3.13. The van der Waals surface area contributed by atoms with Gasteiger partial charge in [0.25, 0.3) is 0 Å². The quantitative estimate of drug-likeness (QED) is 0.250. The van der Waals surface area contributed by atoms with Gasteiger partial charge in [-0.05, 0) is 0 Å². The van der Waals surface area contributed by atoms with Gasteiger partial charge in [-0.3, -0.25) is 0 Å². The Kier molecular flexibility index (Phi) is 6.57. The molecule has 0 fully saturated rings. The van der Waals surface area contributed by atoms with E-state index in [1.807, 2.05) is 0 Å². The van der Waals surface area contributed by atoms with Crippen LogP contribution >= 0.6 is 0 Å². The van der Waals surface area contributed by atoms with Crippen LogP contribution in [-0.4, -0.2) is 5.09 Å². The summed E-state index contributed by atoms with van der Waals surface area (Å²) in [5.74, 6) is 0. The molecule has 0 rings (SSSR count). The largest absolute Gasteiger partial charge is 2.00 e. The van der Waals surface area contributed by atoms with Crippen LogP contribution in [-0.2, 0) is 17.1 Å².